The van der Waals surface area contributed by atoms with Crippen molar-refractivity contribution in [1.29, 1.82) is 5.26 Å². The number of nitriles is 1. The van der Waals surface area contributed by atoms with Crippen molar-refractivity contribution in [3.8, 4) is 11.8 Å². The molecule has 28 heavy (non-hydrogen) atoms. The number of methoxy groups -OCH3 is 1. The summed E-state index contributed by atoms with van der Waals surface area (Å²) in [5.74, 6) is -0.0974. The van der Waals surface area contributed by atoms with Crippen LogP contribution in [0.4, 0.5) is 5.69 Å². The Morgan fingerprint density at radius 1 is 1.18 bits per heavy atom. The summed E-state index contributed by atoms with van der Waals surface area (Å²) in [6.07, 6.45) is 0. The predicted molar refractivity (Wildman–Crippen MR) is 107 cm³/mol. The second-order valence-electron chi connectivity index (χ2n) is 6.05. The van der Waals surface area contributed by atoms with Gasteiger partial charge in [-0.25, -0.2) is 8.42 Å². The van der Waals surface area contributed by atoms with Gasteiger partial charge in [-0.1, -0.05) is 19.9 Å². The standard InChI is InChI=1S/C20H23N3O4S/c1-5-23(6-2)28(25,26)19-12-16(9-7-14(19)3)20(24)22-17-11-15(13-21)8-10-18(17)27-4/h7-12H,5-6H2,1-4H3,(H,22,24). The fraction of sp³-hybridized carbons (Fsp3) is 0.300. The zero-order valence-electron chi connectivity index (χ0n) is 16.3. The van der Waals surface area contributed by atoms with Crippen LogP contribution in [0.1, 0.15) is 35.3 Å². The van der Waals surface area contributed by atoms with Crippen molar-refractivity contribution in [3.63, 3.8) is 0 Å². The normalized spacial score (nSPS) is 11.1. The highest BCUT2D eigenvalue weighted by atomic mass is 32.2. The van der Waals surface area contributed by atoms with Crippen molar-refractivity contribution < 1.29 is 17.9 Å². The van der Waals surface area contributed by atoms with Gasteiger partial charge in [-0.05, 0) is 42.8 Å². The van der Waals surface area contributed by atoms with E-state index in [1.165, 1.54) is 23.5 Å². The third-order valence-electron chi connectivity index (χ3n) is 4.35. The van der Waals surface area contributed by atoms with Crippen LogP contribution in [0.15, 0.2) is 41.3 Å². The maximum Gasteiger partial charge on any atom is 0.255 e. The van der Waals surface area contributed by atoms with E-state index in [0.717, 1.165) is 0 Å². The Kier molecular flexibility index (Phi) is 6.78. The van der Waals surface area contributed by atoms with Crippen molar-refractivity contribution in [2.24, 2.45) is 0 Å². The molecule has 1 amide bonds. The lowest BCUT2D eigenvalue weighted by molar-refractivity contribution is 0.102. The van der Waals surface area contributed by atoms with Crippen molar-refractivity contribution >= 4 is 21.6 Å². The second kappa shape index (κ2) is 8.87. The maximum absolute atomic E-state index is 12.9. The number of anilines is 1. The molecule has 0 aliphatic heterocycles. The number of nitrogens with one attached hydrogen (secondary N) is 1. The molecule has 8 heteroatoms. The van der Waals surface area contributed by atoms with Crippen LogP contribution in [0.3, 0.4) is 0 Å². The van der Waals surface area contributed by atoms with Crippen LogP contribution in [0.25, 0.3) is 0 Å². The first-order chi connectivity index (χ1) is 13.3. The Morgan fingerprint density at radius 3 is 2.43 bits per heavy atom. The van der Waals surface area contributed by atoms with Crippen LogP contribution in [0.2, 0.25) is 0 Å². The molecule has 0 aliphatic rings. The van der Waals surface area contributed by atoms with Gasteiger partial charge in [-0.2, -0.15) is 9.57 Å². The number of sulfonamides is 1. The summed E-state index contributed by atoms with van der Waals surface area (Å²) in [6, 6.07) is 11.2. The van der Waals surface area contributed by atoms with E-state index in [0.29, 0.717) is 35.7 Å². The van der Waals surface area contributed by atoms with Gasteiger partial charge in [0.05, 0.1) is 29.3 Å². The summed E-state index contributed by atoms with van der Waals surface area (Å²) in [6.45, 7) is 5.90. The van der Waals surface area contributed by atoms with Gasteiger partial charge in [-0.15, -0.1) is 0 Å². The quantitative estimate of drug-likeness (QED) is 0.768. The van der Waals surface area contributed by atoms with Crippen molar-refractivity contribution in [1.82, 2.24) is 4.31 Å². The molecular formula is C20H23N3O4S. The van der Waals surface area contributed by atoms with E-state index in [2.05, 4.69) is 5.32 Å². The van der Waals surface area contributed by atoms with Crippen molar-refractivity contribution in [2.75, 3.05) is 25.5 Å². The van der Waals surface area contributed by atoms with Gasteiger partial charge in [-0.3, -0.25) is 4.79 Å². The summed E-state index contributed by atoms with van der Waals surface area (Å²) in [7, 11) is -2.24. The first-order valence-electron chi connectivity index (χ1n) is 8.78. The van der Waals surface area contributed by atoms with Gasteiger partial charge in [0.2, 0.25) is 10.0 Å². The first-order valence-corrected chi connectivity index (χ1v) is 10.2. The molecule has 0 saturated heterocycles. The number of ether oxygens (including phenoxy) is 1. The molecule has 0 atom stereocenters. The van der Waals surface area contributed by atoms with Crippen LogP contribution in [-0.2, 0) is 10.0 Å². The third kappa shape index (κ3) is 4.32. The monoisotopic (exact) mass is 401 g/mol. The average Bonchev–Trinajstić information content (AvgIpc) is 2.68. The predicted octanol–water partition coefficient (Wildman–Crippen LogP) is 3.16. The zero-order chi connectivity index (χ0) is 20.9. The molecule has 0 spiro atoms. The number of aryl methyl sites for hydroxylation is 1. The third-order valence-corrected chi connectivity index (χ3v) is 6.54. The van der Waals surface area contributed by atoms with Crippen LogP contribution < -0.4 is 10.1 Å². The summed E-state index contributed by atoms with van der Waals surface area (Å²) >= 11 is 0. The van der Waals surface area contributed by atoms with Crippen LogP contribution in [0.5, 0.6) is 5.75 Å². The fourth-order valence-corrected chi connectivity index (χ4v) is 4.50. The molecule has 148 valence electrons. The molecule has 0 aliphatic carbocycles. The van der Waals surface area contributed by atoms with Gasteiger partial charge in [0.15, 0.2) is 0 Å². The summed E-state index contributed by atoms with van der Waals surface area (Å²) in [5, 5.41) is 11.7. The average molecular weight is 401 g/mol. The lowest BCUT2D eigenvalue weighted by Crippen LogP contribution is -2.31. The second-order valence-corrected chi connectivity index (χ2v) is 7.96. The van der Waals surface area contributed by atoms with E-state index in [1.54, 1.807) is 45.0 Å². The minimum atomic E-state index is -3.70. The fourth-order valence-electron chi connectivity index (χ4n) is 2.79. The number of hydrogen-bond donors (Lipinski definition) is 1. The largest absolute Gasteiger partial charge is 0.495 e. The van der Waals surface area contributed by atoms with E-state index >= 15 is 0 Å². The molecule has 7 nitrogen and oxygen atoms in total. The maximum atomic E-state index is 12.9. The minimum Gasteiger partial charge on any atom is -0.495 e. The molecule has 1 N–H and O–H groups in total. The molecule has 2 rings (SSSR count). The van der Waals surface area contributed by atoms with E-state index in [4.69, 9.17) is 10.00 Å². The van der Waals surface area contributed by atoms with Crippen LogP contribution in [0, 0.1) is 18.3 Å². The van der Waals surface area contributed by atoms with E-state index < -0.39 is 15.9 Å². The topological polar surface area (TPSA) is 99.5 Å². The molecule has 0 fully saturated rings. The molecule has 0 radical (unpaired) electrons. The molecule has 2 aromatic carbocycles. The van der Waals surface area contributed by atoms with Crippen molar-refractivity contribution in [2.45, 2.75) is 25.7 Å². The van der Waals surface area contributed by atoms with Gasteiger partial charge in [0.1, 0.15) is 5.75 Å². The number of benzene rings is 2. The van der Waals surface area contributed by atoms with Crippen molar-refractivity contribution in [3.05, 3.63) is 53.1 Å². The SMILES string of the molecule is CCN(CC)S(=O)(=O)c1cc(C(=O)Nc2cc(C#N)ccc2OC)ccc1C. The lowest BCUT2D eigenvalue weighted by atomic mass is 10.1. The van der Waals surface area contributed by atoms with Crippen LogP contribution in [-0.4, -0.2) is 38.8 Å². The Hall–Kier alpha value is -2.89. The highest BCUT2D eigenvalue weighted by Gasteiger charge is 2.25. The highest BCUT2D eigenvalue weighted by molar-refractivity contribution is 7.89. The number of carbonyl (C=O) groups excluding carboxylic acids is 1. The Morgan fingerprint density at radius 2 is 1.86 bits per heavy atom. The summed E-state index contributed by atoms with van der Waals surface area (Å²) in [5.41, 5.74) is 1.46. The molecule has 0 aromatic heterocycles. The van der Waals surface area contributed by atoms with Gasteiger partial charge >= 0.3 is 0 Å². The van der Waals surface area contributed by atoms with Gasteiger partial charge in [0, 0.05) is 18.7 Å². The molecule has 0 unspecified atom stereocenters. The number of rotatable bonds is 7. The molecule has 0 saturated carbocycles. The highest BCUT2D eigenvalue weighted by Crippen LogP contribution is 2.27. The molecule has 0 heterocycles. The Labute approximate surface area is 165 Å². The number of nitrogens with zero attached hydrogens (tertiary/aromatic N) is 2. The molecular weight excluding hydrogens is 378 g/mol. The molecule has 2 aromatic rings. The van der Waals surface area contributed by atoms with E-state index in [-0.39, 0.29) is 10.5 Å². The molecule has 0 bridgehead atoms. The van der Waals surface area contributed by atoms with Crippen LogP contribution >= 0.6 is 0 Å². The number of carbonyl (C=O) groups is 1. The summed E-state index contributed by atoms with van der Waals surface area (Å²) in [4.78, 5) is 12.8. The lowest BCUT2D eigenvalue weighted by Gasteiger charge is -2.20. The van der Waals surface area contributed by atoms with E-state index in [1.807, 2.05) is 6.07 Å². The Bertz CT molecular complexity index is 1020. The van der Waals surface area contributed by atoms with E-state index in [9.17, 15) is 13.2 Å². The number of amides is 1. The van der Waals surface area contributed by atoms with Gasteiger partial charge in [0.25, 0.3) is 5.91 Å². The first kappa shape index (κ1) is 21.4. The van der Waals surface area contributed by atoms with Gasteiger partial charge < -0.3 is 10.1 Å². The Balaban J connectivity index is 2.43. The zero-order valence-corrected chi connectivity index (χ0v) is 17.1. The minimum absolute atomic E-state index is 0.0987. The number of hydrogen-bond acceptors (Lipinski definition) is 5. The smallest absolute Gasteiger partial charge is 0.255 e. The summed E-state index contributed by atoms with van der Waals surface area (Å²) < 4.78 is 32.3.